The zero-order valence-corrected chi connectivity index (χ0v) is 9.49. The van der Waals surface area contributed by atoms with Gasteiger partial charge in [-0.1, -0.05) is 20.3 Å². The number of hydrogen-bond donors (Lipinski definition) is 1. The zero-order chi connectivity index (χ0) is 11.1. The average molecular weight is 209 g/mol. The van der Waals surface area contributed by atoms with E-state index in [1.165, 1.54) is 0 Å². The highest BCUT2D eigenvalue weighted by Gasteiger charge is 2.01. The van der Waals surface area contributed by atoms with Crippen LogP contribution in [0.2, 0.25) is 0 Å². The maximum atomic E-state index is 9.07. The molecule has 1 aromatic rings. The molecule has 0 unspecified atom stereocenters. The second-order valence-corrected chi connectivity index (χ2v) is 3.52. The Bertz CT molecular complexity index is 277. The number of hydrogen-bond acceptors (Lipinski definition) is 3. The maximum absolute atomic E-state index is 9.07. The van der Waals surface area contributed by atoms with Crippen molar-refractivity contribution in [1.82, 2.24) is 4.98 Å². The normalized spacial score (nSPS) is 10.3. The van der Waals surface area contributed by atoms with Crippen LogP contribution in [-0.4, -0.2) is 16.7 Å². The summed E-state index contributed by atoms with van der Waals surface area (Å²) in [5, 5.41) is 9.07. The van der Waals surface area contributed by atoms with E-state index in [9.17, 15) is 0 Å². The lowest BCUT2D eigenvalue weighted by Gasteiger charge is -2.07. The largest absolute Gasteiger partial charge is 0.478 e. The van der Waals surface area contributed by atoms with Gasteiger partial charge < -0.3 is 9.84 Å². The molecule has 15 heavy (non-hydrogen) atoms. The van der Waals surface area contributed by atoms with Crippen molar-refractivity contribution < 1.29 is 9.84 Å². The van der Waals surface area contributed by atoms with Crippen LogP contribution in [0, 0.1) is 0 Å². The number of nitrogens with zero attached hydrogens (tertiary/aromatic N) is 1. The standard InChI is InChI=1S/C12H19NO2/c1-3-5-6-15-12-8-10(9-14)7-11(4-2)13-12/h7-8,14H,3-6,9H2,1-2H3. The minimum Gasteiger partial charge on any atom is -0.478 e. The first kappa shape index (κ1) is 12.0. The molecule has 3 heteroatoms. The number of ether oxygens (including phenoxy) is 1. The first-order chi connectivity index (χ1) is 7.30. The predicted molar refractivity (Wildman–Crippen MR) is 59.9 cm³/mol. The van der Waals surface area contributed by atoms with Crippen LogP contribution in [-0.2, 0) is 13.0 Å². The number of unbranched alkanes of at least 4 members (excludes halogenated alkanes) is 1. The lowest BCUT2D eigenvalue weighted by Crippen LogP contribution is -2.01. The van der Waals surface area contributed by atoms with Gasteiger partial charge in [0, 0.05) is 11.8 Å². The highest BCUT2D eigenvalue weighted by atomic mass is 16.5. The van der Waals surface area contributed by atoms with Crippen molar-refractivity contribution in [3.8, 4) is 5.88 Å². The molecule has 84 valence electrons. The average Bonchev–Trinajstić information content (AvgIpc) is 2.29. The van der Waals surface area contributed by atoms with Crippen molar-refractivity contribution in [2.75, 3.05) is 6.61 Å². The summed E-state index contributed by atoms with van der Waals surface area (Å²) in [6.45, 7) is 4.90. The van der Waals surface area contributed by atoms with E-state index in [0.717, 1.165) is 30.5 Å². The summed E-state index contributed by atoms with van der Waals surface area (Å²) >= 11 is 0. The summed E-state index contributed by atoms with van der Waals surface area (Å²) in [7, 11) is 0. The highest BCUT2D eigenvalue weighted by molar-refractivity contribution is 5.24. The molecule has 0 aromatic carbocycles. The Hall–Kier alpha value is -1.09. The second kappa shape index (κ2) is 6.40. The van der Waals surface area contributed by atoms with Gasteiger partial charge in [-0.2, -0.15) is 0 Å². The molecule has 3 nitrogen and oxygen atoms in total. The van der Waals surface area contributed by atoms with E-state index < -0.39 is 0 Å². The monoisotopic (exact) mass is 209 g/mol. The van der Waals surface area contributed by atoms with Crippen molar-refractivity contribution in [3.63, 3.8) is 0 Å². The van der Waals surface area contributed by atoms with Gasteiger partial charge in [-0.15, -0.1) is 0 Å². The van der Waals surface area contributed by atoms with Crippen LogP contribution in [0.1, 0.15) is 37.9 Å². The lowest BCUT2D eigenvalue weighted by atomic mass is 10.2. The van der Waals surface area contributed by atoms with Crippen LogP contribution in [0.4, 0.5) is 0 Å². The van der Waals surface area contributed by atoms with Crippen LogP contribution in [0.5, 0.6) is 5.88 Å². The van der Waals surface area contributed by atoms with Gasteiger partial charge in [0.25, 0.3) is 0 Å². The molecule has 0 fully saturated rings. The van der Waals surface area contributed by atoms with Gasteiger partial charge in [0.2, 0.25) is 5.88 Å². The molecule has 0 spiro atoms. The van der Waals surface area contributed by atoms with Gasteiger partial charge in [0.05, 0.1) is 13.2 Å². The number of aryl methyl sites for hydroxylation is 1. The van der Waals surface area contributed by atoms with E-state index >= 15 is 0 Å². The molecule has 0 amide bonds. The SMILES string of the molecule is CCCCOc1cc(CO)cc(CC)n1. The van der Waals surface area contributed by atoms with E-state index in [1.807, 2.05) is 13.0 Å². The Morgan fingerprint density at radius 3 is 2.73 bits per heavy atom. The summed E-state index contributed by atoms with van der Waals surface area (Å²) in [5.74, 6) is 0.631. The van der Waals surface area contributed by atoms with Gasteiger partial charge >= 0.3 is 0 Å². The van der Waals surface area contributed by atoms with Crippen LogP contribution in [0.3, 0.4) is 0 Å². The molecule has 0 aliphatic rings. The first-order valence-electron chi connectivity index (χ1n) is 5.53. The van der Waals surface area contributed by atoms with E-state index in [4.69, 9.17) is 9.84 Å². The topological polar surface area (TPSA) is 42.4 Å². The molecule has 1 aromatic heterocycles. The van der Waals surface area contributed by atoms with Gasteiger partial charge in [0.1, 0.15) is 0 Å². The van der Waals surface area contributed by atoms with Crippen LogP contribution >= 0.6 is 0 Å². The quantitative estimate of drug-likeness (QED) is 0.731. The van der Waals surface area contributed by atoms with Crippen molar-refractivity contribution in [1.29, 1.82) is 0 Å². The molecular weight excluding hydrogens is 190 g/mol. The van der Waals surface area contributed by atoms with Crippen LogP contribution in [0.15, 0.2) is 12.1 Å². The van der Waals surface area contributed by atoms with Gasteiger partial charge in [-0.3, -0.25) is 0 Å². The van der Waals surface area contributed by atoms with Crippen LogP contribution in [0.25, 0.3) is 0 Å². The second-order valence-electron chi connectivity index (χ2n) is 3.52. The zero-order valence-electron chi connectivity index (χ0n) is 9.49. The molecule has 0 radical (unpaired) electrons. The molecule has 1 heterocycles. The molecule has 0 atom stereocenters. The summed E-state index contributed by atoms with van der Waals surface area (Å²) in [5.41, 5.74) is 1.83. The summed E-state index contributed by atoms with van der Waals surface area (Å²) in [6, 6.07) is 3.71. The molecule has 0 aliphatic carbocycles. The molecule has 0 bridgehead atoms. The Balaban J connectivity index is 2.68. The number of aliphatic hydroxyl groups is 1. The van der Waals surface area contributed by atoms with Crippen molar-refractivity contribution in [2.45, 2.75) is 39.7 Å². The fourth-order valence-electron chi connectivity index (χ4n) is 1.29. The van der Waals surface area contributed by atoms with Crippen molar-refractivity contribution in [3.05, 3.63) is 23.4 Å². The molecular formula is C12H19NO2. The minimum absolute atomic E-state index is 0.0413. The van der Waals surface area contributed by atoms with E-state index in [1.54, 1.807) is 6.07 Å². The third-order valence-electron chi connectivity index (χ3n) is 2.21. The van der Waals surface area contributed by atoms with Gasteiger partial charge in [-0.25, -0.2) is 4.98 Å². The lowest BCUT2D eigenvalue weighted by molar-refractivity contribution is 0.275. The highest BCUT2D eigenvalue weighted by Crippen LogP contribution is 2.13. The first-order valence-corrected chi connectivity index (χ1v) is 5.53. The summed E-state index contributed by atoms with van der Waals surface area (Å²) < 4.78 is 5.51. The fraction of sp³-hybridized carbons (Fsp3) is 0.583. The maximum Gasteiger partial charge on any atom is 0.213 e. The van der Waals surface area contributed by atoms with E-state index in [0.29, 0.717) is 12.5 Å². The summed E-state index contributed by atoms with van der Waals surface area (Å²) in [6.07, 6.45) is 3.00. The third kappa shape index (κ3) is 3.88. The molecule has 1 rings (SSSR count). The Morgan fingerprint density at radius 1 is 1.33 bits per heavy atom. The van der Waals surface area contributed by atoms with Crippen molar-refractivity contribution in [2.24, 2.45) is 0 Å². The Kier molecular flexibility index (Phi) is 5.12. The number of aromatic nitrogens is 1. The third-order valence-corrected chi connectivity index (χ3v) is 2.21. The Labute approximate surface area is 91.1 Å². The number of pyridine rings is 1. The van der Waals surface area contributed by atoms with E-state index in [-0.39, 0.29) is 6.61 Å². The van der Waals surface area contributed by atoms with Gasteiger partial charge in [0.15, 0.2) is 0 Å². The van der Waals surface area contributed by atoms with Gasteiger partial charge in [-0.05, 0) is 24.5 Å². The Morgan fingerprint density at radius 2 is 2.13 bits per heavy atom. The van der Waals surface area contributed by atoms with E-state index in [2.05, 4.69) is 11.9 Å². The predicted octanol–water partition coefficient (Wildman–Crippen LogP) is 2.32. The smallest absolute Gasteiger partial charge is 0.213 e. The molecule has 1 N–H and O–H groups in total. The molecule has 0 saturated heterocycles. The number of rotatable bonds is 6. The molecule has 0 aliphatic heterocycles. The van der Waals surface area contributed by atoms with Crippen molar-refractivity contribution >= 4 is 0 Å². The van der Waals surface area contributed by atoms with Crippen LogP contribution < -0.4 is 4.74 Å². The fourth-order valence-corrected chi connectivity index (χ4v) is 1.29. The molecule has 0 saturated carbocycles. The number of aliphatic hydroxyl groups excluding tert-OH is 1. The summed E-state index contributed by atoms with van der Waals surface area (Å²) in [4.78, 5) is 4.34. The minimum atomic E-state index is 0.0413.